The number of pyridine rings is 1. The van der Waals surface area contributed by atoms with Crippen molar-refractivity contribution >= 4 is 18.0 Å². The maximum Gasteiger partial charge on any atom is 0.412 e. The molecule has 0 fully saturated rings. The van der Waals surface area contributed by atoms with Gasteiger partial charge in [-0.15, -0.1) is 0 Å². The van der Waals surface area contributed by atoms with Gasteiger partial charge in [0, 0.05) is 18.2 Å². The number of carboxylic acids is 1. The molecule has 0 unspecified atom stereocenters. The normalized spacial score (nSPS) is 13.6. The number of carboxylic acid groups (broad SMARTS) is 1. The first-order chi connectivity index (χ1) is 14.3. The third-order valence-electron chi connectivity index (χ3n) is 4.28. The molecule has 3 atom stereocenters. The van der Waals surface area contributed by atoms with E-state index in [9.17, 15) is 19.5 Å². The van der Waals surface area contributed by atoms with Crippen molar-refractivity contribution in [3.05, 3.63) is 66.0 Å². The molecule has 0 saturated heterocycles. The second-order valence-corrected chi connectivity index (χ2v) is 6.93. The average molecular weight is 416 g/mol. The molecule has 1 aromatic heterocycles. The number of carbonyl (C=O) groups is 3. The van der Waals surface area contributed by atoms with E-state index in [1.165, 1.54) is 31.5 Å². The van der Waals surface area contributed by atoms with E-state index in [-0.39, 0.29) is 18.3 Å². The van der Waals surface area contributed by atoms with Gasteiger partial charge in [0.05, 0.1) is 11.7 Å². The van der Waals surface area contributed by atoms with Crippen molar-refractivity contribution < 1.29 is 33.9 Å². The number of aliphatic hydroxyl groups is 1. The highest BCUT2D eigenvalue weighted by atomic mass is 16.6. The lowest BCUT2D eigenvalue weighted by Gasteiger charge is -2.16. The molecule has 2 aromatic rings. The van der Waals surface area contributed by atoms with Crippen LogP contribution in [0.4, 0.5) is 4.79 Å². The van der Waals surface area contributed by atoms with Crippen molar-refractivity contribution in [3.8, 4) is 0 Å². The van der Waals surface area contributed by atoms with Crippen molar-refractivity contribution in [1.82, 2.24) is 10.6 Å². The zero-order valence-electron chi connectivity index (χ0n) is 16.8. The minimum atomic E-state index is -1.41. The largest absolute Gasteiger partial charge is 0.480 e. The molecule has 0 bridgehead atoms. The molecule has 2 rings (SSSR count). The molecule has 30 heavy (non-hydrogen) atoms. The van der Waals surface area contributed by atoms with Gasteiger partial charge in [0.2, 0.25) is 0 Å². The molecule has 0 radical (unpaired) electrons. The molecule has 0 spiro atoms. The minimum absolute atomic E-state index is 0.0583. The highest BCUT2D eigenvalue weighted by Crippen LogP contribution is 2.03. The molecular weight excluding hydrogens is 390 g/mol. The van der Waals surface area contributed by atoms with Gasteiger partial charge >= 0.3 is 12.1 Å². The molecule has 9 nitrogen and oxygen atoms in total. The molecule has 0 aliphatic rings. The fourth-order valence-electron chi connectivity index (χ4n) is 2.70. The third kappa shape index (κ3) is 7.17. The van der Waals surface area contributed by atoms with Gasteiger partial charge in [-0.25, -0.2) is 9.59 Å². The number of nitrogens with zero attached hydrogens (tertiary/aromatic N) is 1. The molecular formula is C21H26N3O6+. The lowest BCUT2D eigenvalue weighted by Crippen LogP contribution is -2.47. The number of benzene rings is 1. The number of amides is 2. The van der Waals surface area contributed by atoms with Gasteiger partial charge in [-0.3, -0.25) is 4.79 Å². The number of aromatic nitrogens is 1. The summed E-state index contributed by atoms with van der Waals surface area (Å²) in [4.78, 5) is 35.1. The lowest BCUT2D eigenvalue weighted by atomic mass is 10.1. The summed E-state index contributed by atoms with van der Waals surface area (Å²) in [6.45, 7) is 3.10. The Labute approximate surface area is 174 Å². The number of hydrogen-bond donors (Lipinski definition) is 4. The number of alkyl carbamates (subject to hydrolysis) is 1. The first-order valence-corrected chi connectivity index (χ1v) is 9.44. The second kappa shape index (κ2) is 10.9. The van der Waals surface area contributed by atoms with Crippen LogP contribution in [0.5, 0.6) is 0 Å². The summed E-state index contributed by atoms with van der Waals surface area (Å²) in [7, 11) is 0. The average Bonchev–Trinajstić information content (AvgIpc) is 2.70. The Morgan fingerprint density at radius 3 is 2.23 bits per heavy atom. The zero-order chi connectivity index (χ0) is 22.1. The quantitative estimate of drug-likeness (QED) is 0.449. The van der Waals surface area contributed by atoms with Crippen LogP contribution < -0.4 is 15.2 Å². The molecule has 0 aliphatic heterocycles. The topological polar surface area (TPSA) is 129 Å². The lowest BCUT2D eigenvalue weighted by molar-refractivity contribution is -0.727. The van der Waals surface area contributed by atoms with E-state index in [1.807, 2.05) is 37.3 Å². The standard InChI is InChI=1S/C21H25N3O6/c1-14(12-16-6-4-3-5-7-16)22-21(29)30-13-24-10-8-17(9-11-24)19(26)23-18(15(2)25)20(27)28/h3-11,14-15,18,25H,12-13H2,1-2H3,(H2-,22,23,26,27,28,29)/p+1/t14-,15+,18-/m0/s1. The van der Waals surface area contributed by atoms with Crippen LogP contribution in [0.15, 0.2) is 54.9 Å². The minimum Gasteiger partial charge on any atom is -0.480 e. The Morgan fingerprint density at radius 1 is 1.03 bits per heavy atom. The number of carbonyl (C=O) groups excluding carboxylic acids is 2. The molecule has 4 N–H and O–H groups in total. The van der Waals surface area contributed by atoms with Crippen LogP contribution in [0.1, 0.15) is 29.8 Å². The number of aliphatic hydroxyl groups excluding tert-OH is 1. The van der Waals surface area contributed by atoms with Crippen LogP contribution in [0.3, 0.4) is 0 Å². The maximum atomic E-state index is 12.1. The summed E-state index contributed by atoms with van der Waals surface area (Å²) in [5.41, 5.74) is 1.31. The van der Waals surface area contributed by atoms with E-state index >= 15 is 0 Å². The van der Waals surface area contributed by atoms with Gasteiger partial charge in [0.15, 0.2) is 18.4 Å². The monoisotopic (exact) mass is 416 g/mol. The molecule has 1 heterocycles. The summed E-state index contributed by atoms with van der Waals surface area (Å²) in [6.07, 6.45) is 1.92. The zero-order valence-corrected chi connectivity index (χ0v) is 16.8. The highest BCUT2D eigenvalue weighted by molar-refractivity contribution is 5.96. The molecule has 2 amide bonds. The van der Waals surface area contributed by atoms with Crippen molar-refractivity contribution in [3.63, 3.8) is 0 Å². The van der Waals surface area contributed by atoms with Gasteiger partial charge < -0.3 is 25.6 Å². The third-order valence-corrected chi connectivity index (χ3v) is 4.28. The van der Waals surface area contributed by atoms with E-state index in [1.54, 1.807) is 4.57 Å². The van der Waals surface area contributed by atoms with Crippen LogP contribution in [0.2, 0.25) is 0 Å². The van der Waals surface area contributed by atoms with Gasteiger partial charge in [-0.2, -0.15) is 4.57 Å². The Morgan fingerprint density at radius 2 is 1.67 bits per heavy atom. The van der Waals surface area contributed by atoms with Crippen molar-refractivity contribution in [2.45, 2.75) is 45.2 Å². The van der Waals surface area contributed by atoms with Crippen molar-refractivity contribution in [2.75, 3.05) is 0 Å². The number of nitrogens with one attached hydrogen (secondary N) is 2. The summed E-state index contributed by atoms with van der Waals surface area (Å²) >= 11 is 0. The molecule has 9 heteroatoms. The van der Waals surface area contributed by atoms with E-state index in [0.29, 0.717) is 6.42 Å². The van der Waals surface area contributed by atoms with Crippen LogP contribution >= 0.6 is 0 Å². The van der Waals surface area contributed by atoms with Gasteiger partial charge in [-0.05, 0) is 25.8 Å². The second-order valence-electron chi connectivity index (χ2n) is 6.93. The highest BCUT2D eigenvalue weighted by Gasteiger charge is 2.25. The van der Waals surface area contributed by atoms with Crippen LogP contribution in [0.25, 0.3) is 0 Å². The van der Waals surface area contributed by atoms with Gasteiger partial charge in [0.25, 0.3) is 12.6 Å². The Hall–Kier alpha value is -3.46. The SMILES string of the molecule is C[C@@H](Cc1ccccc1)NC(=O)OC[n+]1ccc(C(=O)N[C@H](C(=O)O)[C@@H](C)O)cc1. The summed E-state index contributed by atoms with van der Waals surface area (Å²) < 4.78 is 6.71. The van der Waals surface area contributed by atoms with Crippen molar-refractivity contribution in [2.24, 2.45) is 0 Å². The van der Waals surface area contributed by atoms with E-state index in [4.69, 9.17) is 9.84 Å². The first kappa shape index (κ1) is 22.8. The van der Waals surface area contributed by atoms with Gasteiger partial charge in [0.1, 0.15) is 0 Å². The predicted molar refractivity (Wildman–Crippen MR) is 106 cm³/mol. The fourth-order valence-corrected chi connectivity index (χ4v) is 2.70. The van der Waals surface area contributed by atoms with Crippen molar-refractivity contribution in [1.29, 1.82) is 0 Å². The number of hydrogen-bond acceptors (Lipinski definition) is 5. The molecule has 1 aromatic carbocycles. The van der Waals surface area contributed by atoms with E-state index in [0.717, 1.165) is 5.56 Å². The number of rotatable bonds is 9. The fraction of sp³-hybridized carbons (Fsp3) is 0.333. The Kier molecular flexibility index (Phi) is 8.30. The first-order valence-electron chi connectivity index (χ1n) is 9.44. The molecule has 160 valence electrons. The van der Waals surface area contributed by atoms with Crippen LogP contribution in [0, 0.1) is 0 Å². The number of ether oxygens (including phenoxy) is 1. The summed E-state index contributed by atoms with van der Waals surface area (Å²) in [5.74, 6) is -1.96. The smallest absolute Gasteiger partial charge is 0.412 e. The Balaban J connectivity index is 1.81. The van der Waals surface area contributed by atoms with Crippen LogP contribution in [-0.4, -0.2) is 46.4 Å². The Bertz CT molecular complexity index is 855. The summed E-state index contributed by atoms with van der Waals surface area (Å²) in [6, 6.07) is 11.2. The van der Waals surface area contributed by atoms with E-state index in [2.05, 4.69) is 10.6 Å². The van der Waals surface area contributed by atoms with E-state index < -0.39 is 30.1 Å². The predicted octanol–water partition coefficient (Wildman–Crippen LogP) is 0.853. The molecule has 0 saturated carbocycles. The maximum absolute atomic E-state index is 12.1. The summed E-state index contributed by atoms with van der Waals surface area (Å²) in [5, 5.41) is 23.5. The van der Waals surface area contributed by atoms with Gasteiger partial charge in [-0.1, -0.05) is 30.3 Å². The molecule has 0 aliphatic carbocycles. The van der Waals surface area contributed by atoms with Crippen LogP contribution in [-0.2, 0) is 22.7 Å². The number of aliphatic carboxylic acids is 1.